The molecule has 2 unspecified atom stereocenters. The summed E-state index contributed by atoms with van der Waals surface area (Å²) in [7, 11) is 0. The van der Waals surface area contributed by atoms with E-state index in [1.807, 2.05) is 49.5 Å². The summed E-state index contributed by atoms with van der Waals surface area (Å²) in [6.45, 7) is 3.07. The number of rotatable bonds is 6. The molecule has 8 nitrogen and oxygen atoms in total. The maximum Gasteiger partial charge on any atom is 0.134 e. The Kier molecular flexibility index (Phi) is 4.97. The molecule has 2 aromatic heterocycles. The number of hydrogen-bond donors (Lipinski definition) is 2. The van der Waals surface area contributed by atoms with E-state index in [1.54, 1.807) is 11.0 Å². The zero-order chi connectivity index (χ0) is 18.6. The molecule has 3 heterocycles. The molecule has 0 saturated carbocycles. The van der Waals surface area contributed by atoms with Crippen LogP contribution in [0.5, 0.6) is 0 Å². The molecule has 140 valence electrons. The van der Waals surface area contributed by atoms with Crippen LogP contribution in [-0.2, 0) is 0 Å². The van der Waals surface area contributed by atoms with Crippen LogP contribution in [0.2, 0.25) is 0 Å². The molecule has 4 rings (SSSR count). The molecule has 27 heavy (non-hydrogen) atoms. The number of hydrogen-bond acceptors (Lipinski definition) is 7. The van der Waals surface area contributed by atoms with Crippen LogP contribution in [0.25, 0.3) is 5.69 Å². The fraction of sp³-hybridized carbons (Fsp3) is 0.368. The fourth-order valence-corrected chi connectivity index (χ4v) is 3.39. The molecule has 0 aliphatic carbocycles. The number of para-hydroxylation sites is 1. The van der Waals surface area contributed by atoms with E-state index in [2.05, 4.69) is 30.5 Å². The molecule has 0 bridgehead atoms. The number of aliphatic hydroxyl groups is 1. The van der Waals surface area contributed by atoms with E-state index < -0.39 is 0 Å². The maximum atomic E-state index is 9.54. The molecule has 3 aromatic rings. The minimum atomic E-state index is -0.0579. The van der Waals surface area contributed by atoms with E-state index in [-0.39, 0.29) is 18.7 Å². The average molecular weight is 365 g/mol. The van der Waals surface area contributed by atoms with Crippen LogP contribution < -0.4 is 10.2 Å². The predicted molar refractivity (Wildman–Crippen MR) is 103 cm³/mol. The molecule has 8 heteroatoms. The van der Waals surface area contributed by atoms with Crippen molar-refractivity contribution in [2.45, 2.75) is 31.8 Å². The van der Waals surface area contributed by atoms with Gasteiger partial charge in [-0.05, 0) is 31.9 Å². The summed E-state index contributed by atoms with van der Waals surface area (Å²) in [5.74, 6) is 1.56. The lowest BCUT2D eigenvalue weighted by Gasteiger charge is -2.24. The van der Waals surface area contributed by atoms with Crippen molar-refractivity contribution in [2.24, 2.45) is 0 Å². The zero-order valence-electron chi connectivity index (χ0n) is 15.2. The Labute approximate surface area is 157 Å². The highest BCUT2D eigenvalue weighted by Crippen LogP contribution is 2.25. The minimum absolute atomic E-state index is 0.0579. The first kappa shape index (κ1) is 17.4. The van der Waals surface area contributed by atoms with Gasteiger partial charge in [-0.15, -0.1) is 5.10 Å². The van der Waals surface area contributed by atoms with Crippen molar-refractivity contribution in [3.8, 4) is 5.69 Å². The predicted octanol–water partition coefficient (Wildman–Crippen LogP) is 2.19. The lowest BCUT2D eigenvalue weighted by Crippen LogP contribution is -2.32. The number of anilines is 2. The normalized spacial score (nSPS) is 17.9. The van der Waals surface area contributed by atoms with E-state index >= 15 is 0 Å². The molecule has 0 spiro atoms. The Balaban J connectivity index is 1.48. The summed E-state index contributed by atoms with van der Waals surface area (Å²) in [6.07, 6.45) is 5.52. The first-order valence-electron chi connectivity index (χ1n) is 9.18. The molecule has 0 amide bonds. The lowest BCUT2D eigenvalue weighted by atomic mass is 10.2. The van der Waals surface area contributed by atoms with Crippen molar-refractivity contribution in [2.75, 3.05) is 23.4 Å². The van der Waals surface area contributed by atoms with Gasteiger partial charge in [-0.2, -0.15) is 0 Å². The Morgan fingerprint density at radius 1 is 1.26 bits per heavy atom. The Bertz CT molecular complexity index is 883. The van der Waals surface area contributed by atoms with Gasteiger partial charge in [0.25, 0.3) is 0 Å². The van der Waals surface area contributed by atoms with E-state index in [4.69, 9.17) is 0 Å². The number of aromatic nitrogens is 5. The molecule has 2 atom stereocenters. The molecular weight excluding hydrogens is 342 g/mol. The van der Waals surface area contributed by atoms with E-state index in [9.17, 15) is 5.11 Å². The number of nitrogens with zero attached hydrogens (tertiary/aromatic N) is 6. The summed E-state index contributed by atoms with van der Waals surface area (Å²) in [5, 5.41) is 21.4. The lowest BCUT2D eigenvalue weighted by molar-refractivity contribution is 0.266. The largest absolute Gasteiger partial charge is 0.394 e. The molecular formula is C19H23N7O. The van der Waals surface area contributed by atoms with E-state index in [0.717, 1.165) is 42.4 Å². The molecule has 1 aliphatic rings. The first-order valence-corrected chi connectivity index (χ1v) is 9.18. The van der Waals surface area contributed by atoms with Gasteiger partial charge in [0.2, 0.25) is 0 Å². The number of benzene rings is 1. The quantitative estimate of drug-likeness (QED) is 0.692. The average Bonchev–Trinajstić information content (AvgIpc) is 3.38. The van der Waals surface area contributed by atoms with Crippen LogP contribution in [0.1, 0.15) is 31.5 Å². The van der Waals surface area contributed by atoms with Gasteiger partial charge in [0, 0.05) is 12.6 Å². The third-order valence-corrected chi connectivity index (χ3v) is 4.87. The van der Waals surface area contributed by atoms with Crippen LogP contribution in [0.4, 0.5) is 11.6 Å². The van der Waals surface area contributed by atoms with Crippen molar-refractivity contribution in [1.29, 1.82) is 0 Å². The second-order valence-corrected chi connectivity index (χ2v) is 6.72. The molecule has 1 saturated heterocycles. The maximum absolute atomic E-state index is 9.54. The smallest absolute Gasteiger partial charge is 0.134 e. The number of aliphatic hydroxyl groups excluding tert-OH is 1. The van der Waals surface area contributed by atoms with Crippen LogP contribution in [0.3, 0.4) is 0 Å². The van der Waals surface area contributed by atoms with Crippen molar-refractivity contribution < 1.29 is 5.11 Å². The Hall–Kier alpha value is -3.00. The SMILES string of the molecule is CC(Nc1cc(N2CCCC2CO)ncn1)c1cn(-c2ccccc2)nn1. The van der Waals surface area contributed by atoms with Gasteiger partial charge in [0.05, 0.1) is 30.6 Å². The van der Waals surface area contributed by atoms with Gasteiger partial charge >= 0.3 is 0 Å². The summed E-state index contributed by atoms with van der Waals surface area (Å²) in [5.41, 5.74) is 1.80. The molecule has 1 fully saturated rings. The van der Waals surface area contributed by atoms with Crippen LogP contribution in [0, 0.1) is 0 Å². The first-order chi connectivity index (χ1) is 13.2. The Morgan fingerprint density at radius 3 is 2.93 bits per heavy atom. The molecule has 2 N–H and O–H groups in total. The summed E-state index contributed by atoms with van der Waals surface area (Å²) < 4.78 is 1.76. The second-order valence-electron chi connectivity index (χ2n) is 6.72. The highest BCUT2D eigenvalue weighted by atomic mass is 16.3. The van der Waals surface area contributed by atoms with Gasteiger partial charge in [-0.3, -0.25) is 0 Å². The van der Waals surface area contributed by atoms with Gasteiger partial charge in [0.1, 0.15) is 23.7 Å². The van der Waals surface area contributed by atoms with Gasteiger partial charge in [0.15, 0.2) is 0 Å². The van der Waals surface area contributed by atoms with Crippen LogP contribution >= 0.6 is 0 Å². The molecule has 0 radical (unpaired) electrons. The van der Waals surface area contributed by atoms with Crippen molar-refractivity contribution in [1.82, 2.24) is 25.0 Å². The monoisotopic (exact) mass is 365 g/mol. The number of nitrogens with one attached hydrogen (secondary N) is 1. The van der Waals surface area contributed by atoms with Crippen LogP contribution in [0.15, 0.2) is 48.9 Å². The standard InChI is InChI=1S/C19H23N7O/c1-14(17-11-26(24-23-17)15-6-3-2-4-7-15)22-18-10-19(21-13-20-18)25-9-5-8-16(25)12-27/h2-4,6-7,10-11,13-14,16,27H,5,8-9,12H2,1H3,(H,20,21,22). The van der Waals surface area contributed by atoms with Crippen molar-refractivity contribution in [3.05, 3.63) is 54.6 Å². The summed E-state index contributed by atoms with van der Waals surface area (Å²) >= 11 is 0. The summed E-state index contributed by atoms with van der Waals surface area (Å²) in [4.78, 5) is 10.8. The third-order valence-electron chi connectivity index (χ3n) is 4.87. The highest BCUT2D eigenvalue weighted by Gasteiger charge is 2.25. The van der Waals surface area contributed by atoms with Gasteiger partial charge in [-0.25, -0.2) is 14.6 Å². The molecule has 1 aliphatic heterocycles. The van der Waals surface area contributed by atoms with Gasteiger partial charge < -0.3 is 15.3 Å². The van der Waals surface area contributed by atoms with Crippen LogP contribution in [-0.4, -0.2) is 49.3 Å². The fourth-order valence-electron chi connectivity index (χ4n) is 3.39. The van der Waals surface area contributed by atoms with Gasteiger partial charge in [-0.1, -0.05) is 23.4 Å². The second kappa shape index (κ2) is 7.71. The van der Waals surface area contributed by atoms with E-state index in [0.29, 0.717) is 0 Å². The zero-order valence-corrected chi connectivity index (χ0v) is 15.2. The molecule has 1 aromatic carbocycles. The van der Waals surface area contributed by atoms with E-state index in [1.165, 1.54) is 0 Å². The Morgan fingerprint density at radius 2 is 2.11 bits per heavy atom. The minimum Gasteiger partial charge on any atom is -0.394 e. The summed E-state index contributed by atoms with van der Waals surface area (Å²) in [6, 6.07) is 11.9. The highest BCUT2D eigenvalue weighted by molar-refractivity contribution is 5.50. The third kappa shape index (κ3) is 3.75. The van der Waals surface area contributed by atoms with Crippen molar-refractivity contribution >= 4 is 11.6 Å². The van der Waals surface area contributed by atoms with Crippen molar-refractivity contribution in [3.63, 3.8) is 0 Å². The topological polar surface area (TPSA) is 92.0 Å².